The van der Waals surface area contributed by atoms with Crippen LogP contribution in [0.5, 0.6) is 0 Å². The van der Waals surface area contributed by atoms with E-state index in [4.69, 9.17) is 0 Å². The standard InChI is InChI=1S/C20H23N5O/c1-14-7-8-18-21-11-17(25(18)12-14)20(26)24-10-9-23(13-16(24)3)19-6-4-5-15(2)22-19/h4-8,11-12,16H,9-10,13H2,1-3H3/t16-/m1/s1. The van der Waals surface area contributed by atoms with Gasteiger partial charge in [0.15, 0.2) is 0 Å². The van der Waals surface area contributed by atoms with Crippen molar-refractivity contribution in [3.8, 4) is 0 Å². The summed E-state index contributed by atoms with van der Waals surface area (Å²) in [6.07, 6.45) is 3.64. The highest BCUT2D eigenvalue weighted by molar-refractivity contribution is 5.93. The number of pyridine rings is 2. The maximum absolute atomic E-state index is 13.1. The molecule has 3 aromatic heterocycles. The molecule has 3 aromatic rings. The van der Waals surface area contributed by atoms with E-state index in [-0.39, 0.29) is 11.9 Å². The Morgan fingerprint density at radius 2 is 2.00 bits per heavy atom. The van der Waals surface area contributed by atoms with Crippen LogP contribution in [0.3, 0.4) is 0 Å². The van der Waals surface area contributed by atoms with Crippen LogP contribution in [-0.4, -0.2) is 50.9 Å². The molecule has 1 aliphatic rings. The number of anilines is 1. The van der Waals surface area contributed by atoms with Gasteiger partial charge in [-0.2, -0.15) is 0 Å². The van der Waals surface area contributed by atoms with Gasteiger partial charge in [-0.15, -0.1) is 0 Å². The maximum Gasteiger partial charge on any atom is 0.272 e. The van der Waals surface area contributed by atoms with Gasteiger partial charge in [-0.05, 0) is 44.5 Å². The Bertz CT molecular complexity index is 964. The van der Waals surface area contributed by atoms with Gasteiger partial charge < -0.3 is 9.80 Å². The van der Waals surface area contributed by atoms with E-state index in [1.807, 2.05) is 59.7 Å². The van der Waals surface area contributed by atoms with E-state index < -0.39 is 0 Å². The first-order valence-electron chi connectivity index (χ1n) is 8.96. The Morgan fingerprint density at radius 1 is 1.15 bits per heavy atom. The summed E-state index contributed by atoms with van der Waals surface area (Å²) in [5, 5.41) is 0. The van der Waals surface area contributed by atoms with Crippen LogP contribution in [0.1, 0.15) is 28.7 Å². The molecule has 4 heterocycles. The van der Waals surface area contributed by atoms with Crippen molar-refractivity contribution in [3.63, 3.8) is 0 Å². The van der Waals surface area contributed by atoms with Gasteiger partial charge in [0.05, 0.1) is 6.20 Å². The molecule has 0 N–H and O–H groups in total. The Balaban J connectivity index is 1.55. The van der Waals surface area contributed by atoms with Gasteiger partial charge in [-0.25, -0.2) is 9.97 Å². The van der Waals surface area contributed by atoms with Crippen LogP contribution in [0.4, 0.5) is 5.82 Å². The Kier molecular flexibility index (Phi) is 4.11. The highest BCUT2D eigenvalue weighted by atomic mass is 16.2. The molecule has 26 heavy (non-hydrogen) atoms. The van der Waals surface area contributed by atoms with Crippen molar-refractivity contribution in [2.24, 2.45) is 0 Å². The quantitative estimate of drug-likeness (QED) is 0.714. The molecule has 6 nitrogen and oxygen atoms in total. The van der Waals surface area contributed by atoms with E-state index in [9.17, 15) is 4.79 Å². The third kappa shape index (κ3) is 2.92. The van der Waals surface area contributed by atoms with Gasteiger partial charge in [-0.1, -0.05) is 12.1 Å². The first-order valence-corrected chi connectivity index (χ1v) is 8.96. The van der Waals surface area contributed by atoms with Crippen molar-refractivity contribution in [3.05, 3.63) is 59.7 Å². The minimum absolute atomic E-state index is 0.0347. The summed E-state index contributed by atoms with van der Waals surface area (Å²) < 4.78 is 1.89. The first-order chi connectivity index (χ1) is 12.5. The van der Waals surface area contributed by atoms with Crippen molar-refractivity contribution >= 4 is 17.4 Å². The van der Waals surface area contributed by atoms with Crippen molar-refractivity contribution in [2.45, 2.75) is 26.8 Å². The zero-order chi connectivity index (χ0) is 18.3. The Morgan fingerprint density at radius 3 is 2.77 bits per heavy atom. The third-order valence-electron chi connectivity index (χ3n) is 4.96. The minimum Gasteiger partial charge on any atom is -0.353 e. The van der Waals surface area contributed by atoms with Crippen molar-refractivity contribution < 1.29 is 4.79 Å². The molecule has 1 amide bonds. The molecule has 134 valence electrons. The molecule has 4 rings (SSSR count). The molecule has 1 fully saturated rings. The number of aromatic nitrogens is 3. The monoisotopic (exact) mass is 349 g/mol. The molecule has 0 bridgehead atoms. The molecule has 0 aromatic carbocycles. The summed E-state index contributed by atoms with van der Waals surface area (Å²) in [5.41, 5.74) is 3.54. The molecular weight excluding hydrogens is 326 g/mol. The van der Waals surface area contributed by atoms with Crippen LogP contribution in [0, 0.1) is 13.8 Å². The number of carbonyl (C=O) groups excluding carboxylic acids is 1. The smallest absolute Gasteiger partial charge is 0.272 e. The van der Waals surface area contributed by atoms with Crippen LogP contribution < -0.4 is 4.90 Å². The predicted molar refractivity (Wildman–Crippen MR) is 102 cm³/mol. The lowest BCUT2D eigenvalue weighted by molar-refractivity contribution is 0.0666. The van der Waals surface area contributed by atoms with E-state index in [2.05, 4.69) is 21.8 Å². The number of imidazole rings is 1. The summed E-state index contributed by atoms with van der Waals surface area (Å²) in [6.45, 7) is 8.34. The fourth-order valence-electron chi connectivity index (χ4n) is 3.56. The van der Waals surface area contributed by atoms with Gasteiger partial charge >= 0.3 is 0 Å². The SMILES string of the molecule is Cc1ccc2ncc(C(=O)N3CCN(c4cccc(C)n4)C[C@H]3C)n2c1. The highest BCUT2D eigenvalue weighted by Gasteiger charge is 2.30. The fraction of sp³-hybridized carbons (Fsp3) is 0.350. The molecular formula is C20H23N5O. The third-order valence-corrected chi connectivity index (χ3v) is 4.96. The number of nitrogens with zero attached hydrogens (tertiary/aromatic N) is 5. The normalized spacial score (nSPS) is 17.7. The van der Waals surface area contributed by atoms with Crippen LogP contribution in [0.15, 0.2) is 42.7 Å². The predicted octanol–water partition coefficient (Wildman–Crippen LogP) is 2.70. The summed E-state index contributed by atoms with van der Waals surface area (Å²) in [6, 6.07) is 10.1. The Labute approximate surface area is 153 Å². The summed E-state index contributed by atoms with van der Waals surface area (Å²) in [5.74, 6) is 1.02. The van der Waals surface area contributed by atoms with Crippen LogP contribution in [-0.2, 0) is 0 Å². The minimum atomic E-state index is 0.0347. The van der Waals surface area contributed by atoms with E-state index in [0.29, 0.717) is 12.2 Å². The zero-order valence-corrected chi connectivity index (χ0v) is 15.4. The van der Waals surface area contributed by atoms with Gasteiger partial charge in [0.1, 0.15) is 17.2 Å². The fourth-order valence-corrected chi connectivity index (χ4v) is 3.56. The second-order valence-electron chi connectivity index (χ2n) is 7.01. The number of aryl methyl sites for hydroxylation is 2. The average molecular weight is 349 g/mol. The second-order valence-corrected chi connectivity index (χ2v) is 7.01. The van der Waals surface area contributed by atoms with Crippen molar-refractivity contribution in [2.75, 3.05) is 24.5 Å². The molecule has 0 aliphatic carbocycles. The van der Waals surface area contributed by atoms with Crippen molar-refractivity contribution in [1.29, 1.82) is 0 Å². The molecule has 0 saturated carbocycles. The number of rotatable bonds is 2. The van der Waals surface area contributed by atoms with Crippen LogP contribution >= 0.6 is 0 Å². The summed E-state index contributed by atoms with van der Waals surface area (Å²) in [4.78, 5) is 26.3. The topological polar surface area (TPSA) is 53.7 Å². The zero-order valence-electron chi connectivity index (χ0n) is 15.4. The molecule has 1 aliphatic heterocycles. The van der Waals surface area contributed by atoms with Crippen molar-refractivity contribution in [1.82, 2.24) is 19.3 Å². The number of carbonyl (C=O) groups is 1. The van der Waals surface area contributed by atoms with Crippen LogP contribution in [0.2, 0.25) is 0 Å². The number of piperazine rings is 1. The molecule has 6 heteroatoms. The van der Waals surface area contributed by atoms with Gasteiger partial charge in [0.25, 0.3) is 5.91 Å². The molecule has 0 unspecified atom stereocenters. The van der Waals surface area contributed by atoms with Crippen LogP contribution in [0.25, 0.3) is 5.65 Å². The Hall–Kier alpha value is -2.89. The number of fused-ring (bicyclic) bond motifs is 1. The van der Waals surface area contributed by atoms with E-state index in [1.165, 1.54) is 0 Å². The molecule has 0 spiro atoms. The molecule has 1 atom stereocenters. The number of amides is 1. The lowest BCUT2D eigenvalue weighted by Gasteiger charge is -2.40. The van der Waals surface area contributed by atoms with E-state index in [0.717, 1.165) is 35.8 Å². The largest absolute Gasteiger partial charge is 0.353 e. The average Bonchev–Trinajstić information content (AvgIpc) is 3.04. The van der Waals surface area contributed by atoms with Gasteiger partial charge in [-0.3, -0.25) is 9.20 Å². The number of hydrogen-bond donors (Lipinski definition) is 0. The highest BCUT2D eigenvalue weighted by Crippen LogP contribution is 2.20. The molecule has 0 radical (unpaired) electrons. The maximum atomic E-state index is 13.1. The van der Waals surface area contributed by atoms with Gasteiger partial charge in [0, 0.05) is 37.6 Å². The summed E-state index contributed by atoms with van der Waals surface area (Å²) in [7, 11) is 0. The first kappa shape index (κ1) is 16.6. The number of hydrogen-bond acceptors (Lipinski definition) is 4. The lowest BCUT2D eigenvalue weighted by Crippen LogP contribution is -2.54. The van der Waals surface area contributed by atoms with Gasteiger partial charge in [0.2, 0.25) is 0 Å². The second kappa shape index (κ2) is 6.44. The lowest BCUT2D eigenvalue weighted by atomic mass is 10.1. The summed E-state index contributed by atoms with van der Waals surface area (Å²) >= 11 is 0. The molecule has 1 saturated heterocycles. The van der Waals surface area contributed by atoms with E-state index >= 15 is 0 Å². The van der Waals surface area contributed by atoms with E-state index in [1.54, 1.807) is 6.20 Å².